The summed E-state index contributed by atoms with van der Waals surface area (Å²) in [7, 11) is 2.13. The van der Waals surface area contributed by atoms with E-state index in [1.54, 1.807) is 0 Å². The third-order valence-corrected chi connectivity index (χ3v) is 5.03. The van der Waals surface area contributed by atoms with Gasteiger partial charge in [0.05, 0.1) is 6.10 Å². The van der Waals surface area contributed by atoms with E-state index in [1.165, 1.54) is 32.2 Å². The third kappa shape index (κ3) is 3.71. The van der Waals surface area contributed by atoms with Crippen LogP contribution in [0.2, 0.25) is 0 Å². The number of likely N-dealkylation sites (tertiary alicyclic amines) is 1. The number of likely N-dealkylation sites (N-methyl/N-ethyl adjacent to an activating group) is 1. The molecule has 0 aromatic carbocycles. The lowest BCUT2D eigenvalue weighted by Gasteiger charge is -2.48. The molecule has 3 heteroatoms. The van der Waals surface area contributed by atoms with Crippen molar-refractivity contribution < 1.29 is 4.74 Å². The van der Waals surface area contributed by atoms with Crippen LogP contribution in [0.5, 0.6) is 0 Å². The Balaban J connectivity index is 2.01. The monoisotopic (exact) mass is 268 g/mol. The van der Waals surface area contributed by atoms with E-state index >= 15 is 0 Å². The molecule has 2 aliphatic rings. The van der Waals surface area contributed by atoms with Crippen molar-refractivity contribution in [3.05, 3.63) is 0 Å². The molecular weight excluding hydrogens is 236 g/mol. The number of nitrogens with zero attached hydrogens (tertiary/aromatic N) is 1. The third-order valence-electron chi connectivity index (χ3n) is 5.03. The molecule has 1 saturated carbocycles. The highest BCUT2D eigenvalue weighted by atomic mass is 16.5. The van der Waals surface area contributed by atoms with Crippen molar-refractivity contribution in [2.24, 2.45) is 11.8 Å². The SMILES string of the molecule is CCOC1CCCN(C2C(C)CC(C)CC2NC)C1. The van der Waals surface area contributed by atoms with E-state index in [1.807, 2.05) is 0 Å². The van der Waals surface area contributed by atoms with E-state index in [2.05, 4.69) is 38.0 Å². The summed E-state index contributed by atoms with van der Waals surface area (Å²) >= 11 is 0. The number of piperidine rings is 1. The highest BCUT2D eigenvalue weighted by molar-refractivity contribution is 4.95. The molecule has 1 heterocycles. The van der Waals surface area contributed by atoms with Crippen molar-refractivity contribution in [3.8, 4) is 0 Å². The van der Waals surface area contributed by atoms with Gasteiger partial charge in [0.1, 0.15) is 0 Å². The van der Waals surface area contributed by atoms with Gasteiger partial charge in [0.25, 0.3) is 0 Å². The molecule has 19 heavy (non-hydrogen) atoms. The second-order valence-corrected chi connectivity index (χ2v) is 6.65. The van der Waals surface area contributed by atoms with E-state index in [-0.39, 0.29) is 0 Å². The van der Waals surface area contributed by atoms with Crippen molar-refractivity contribution in [2.45, 2.75) is 64.6 Å². The predicted octanol–water partition coefficient (Wildman–Crippen LogP) is 2.51. The average Bonchev–Trinajstić information content (AvgIpc) is 2.38. The Bertz CT molecular complexity index is 269. The zero-order valence-electron chi connectivity index (χ0n) is 13.2. The van der Waals surface area contributed by atoms with Crippen LogP contribution in [0.25, 0.3) is 0 Å². The van der Waals surface area contributed by atoms with E-state index in [4.69, 9.17) is 4.74 Å². The maximum absolute atomic E-state index is 5.87. The van der Waals surface area contributed by atoms with E-state index in [0.717, 1.165) is 25.0 Å². The first-order chi connectivity index (χ1) is 9.15. The van der Waals surface area contributed by atoms with Crippen molar-refractivity contribution in [1.29, 1.82) is 0 Å². The number of hydrogen-bond donors (Lipinski definition) is 1. The second-order valence-electron chi connectivity index (χ2n) is 6.65. The number of ether oxygens (including phenoxy) is 1. The standard InChI is InChI=1S/C16H32N2O/c1-5-19-14-7-6-8-18(11-14)16-13(3)9-12(2)10-15(16)17-4/h12-17H,5-11H2,1-4H3. The summed E-state index contributed by atoms with van der Waals surface area (Å²) in [4.78, 5) is 2.71. The molecule has 5 unspecified atom stereocenters. The van der Waals surface area contributed by atoms with Crippen LogP contribution in [-0.2, 0) is 4.74 Å². The van der Waals surface area contributed by atoms with Crippen molar-refractivity contribution in [3.63, 3.8) is 0 Å². The number of nitrogens with one attached hydrogen (secondary N) is 1. The van der Waals surface area contributed by atoms with Gasteiger partial charge in [-0.25, -0.2) is 0 Å². The minimum atomic E-state index is 0.461. The van der Waals surface area contributed by atoms with Gasteiger partial charge < -0.3 is 10.1 Å². The van der Waals surface area contributed by atoms with Gasteiger partial charge in [0.15, 0.2) is 0 Å². The fourth-order valence-electron chi connectivity index (χ4n) is 4.35. The van der Waals surface area contributed by atoms with Crippen LogP contribution in [0.1, 0.15) is 46.5 Å². The largest absolute Gasteiger partial charge is 0.377 e. The molecule has 2 fully saturated rings. The van der Waals surface area contributed by atoms with Gasteiger partial charge in [-0.15, -0.1) is 0 Å². The van der Waals surface area contributed by atoms with E-state index in [9.17, 15) is 0 Å². The first-order valence-corrected chi connectivity index (χ1v) is 8.18. The maximum atomic E-state index is 5.87. The van der Waals surface area contributed by atoms with Crippen LogP contribution in [0.3, 0.4) is 0 Å². The summed E-state index contributed by atoms with van der Waals surface area (Å²) in [5.74, 6) is 1.65. The lowest BCUT2D eigenvalue weighted by Crippen LogP contribution is -2.58. The molecule has 0 amide bonds. The van der Waals surface area contributed by atoms with Gasteiger partial charge in [-0.05, 0) is 58.0 Å². The Morgan fingerprint density at radius 1 is 1.26 bits per heavy atom. The average molecular weight is 268 g/mol. The fourth-order valence-corrected chi connectivity index (χ4v) is 4.35. The highest BCUT2D eigenvalue weighted by Gasteiger charge is 2.38. The summed E-state index contributed by atoms with van der Waals surface area (Å²) < 4.78 is 5.87. The maximum Gasteiger partial charge on any atom is 0.0702 e. The smallest absolute Gasteiger partial charge is 0.0702 e. The van der Waals surface area contributed by atoms with Crippen LogP contribution < -0.4 is 5.32 Å². The molecular formula is C16H32N2O. The van der Waals surface area contributed by atoms with E-state index < -0.39 is 0 Å². The highest BCUT2D eigenvalue weighted by Crippen LogP contribution is 2.33. The predicted molar refractivity (Wildman–Crippen MR) is 80.4 cm³/mol. The Hall–Kier alpha value is -0.120. The molecule has 112 valence electrons. The zero-order chi connectivity index (χ0) is 13.8. The molecule has 0 aromatic heterocycles. The first-order valence-electron chi connectivity index (χ1n) is 8.18. The van der Waals surface area contributed by atoms with Crippen molar-refractivity contribution in [1.82, 2.24) is 10.2 Å². The quantitative estimate of drug-likeness (QED) is 0.848. The first kappa shape index (κ1) is 15.3. The van der Waals surface area contributed by atoms with Crippen molar-refractivity contribution in [2.75, 3.05) is 26.7 Å². The van der Waals surface area contributed by atoms with Gasteiger partial charge in [-0.1, -0.05) is 13.8 Å². The summed E-state index contributed by atoms with van der Waals surface area (Å²) in [6, 6.07) is 1.35. The van der Waals surface area contributed by atoms with Crippen LogP contribution in [-0.4, -0.2) is 49.8 Å². The molecule has 1 aliphatic carbocycles. The second kappa shape index (κ2) is 7.05. The van der Waals surface area contributed by atoms with E-state index in [0.29, 0.717) is 18.2 Å². The van der Waals surface area contributed by atoms with Crippen LogP contribution in [0.4, 0.5) is 0 Å². The minimum Gasteiger partial charge on any atom is -0.377 e. The van der Waals surface area contributed by atoms with Gasteiger partial charge in [-0.3, -0.25) is 4.90 Å². The molecule has 0 radical (unpaired) electrons. The van der Waals surface area contributed by atoms with Crippen LogP contribution in [0.15, 0.2) is 0 Å². The summed E-state index contributed by atoms with van der Waals surface area (Å²) in [5, 5.41) is 3.58. The molecule has 5 atom stereocenters. The lowest BCUT2D eigenvalue weighted by atomic mass is 9.75. The Labute approximate surface area is 119 Å². The molecule has 1 aliphatic heterocycles. The molecule has 2 rings (SSSR count). The number of rotatable bonds is 4. The Morgan fingerprint density at radius 3 is 2.74 bits per heavy atom. The van der Waals surface area contributed by atoms with Crippen LogP contribution >= 0.6 is 0 Å². The van der Waals surface area contributed by atoms with Gasteiger partial charge >= 0.3 is 0 Å². The van der Waals surface area contributed by atoms with Gasteiger partial charge in [-0.2, -0.15) is 0 Å². The molecule has 0 aromatic rings. The minimum absolute atomic E-state index is 0.461. The fraction of sp³-hybridized carbons (Fsp3) is 1.00. The van der Waals surface area contributed by atoms with Gasteiger partial charge in [0, 0.05) is 25.2 Å². The molecule has 0 bridgehead atoms. The molecule has 3 nitrogen and oxygen atoms in total. The van der Waals surface area contributed by atoms with Crippen molar-refractivity contribution >= 4 is 0 Å². The zero-order valence-corrected chi connectivity index (χ0v) is 13.2. The summed E-state index contributed by atoms with van der Waals surface area (Å²) in [5.41, 5.74) is 0. The topological polar surface area (TPSA) is 24.5 Å². The lowest BCUT2D eigenvalue weighted by molar-refractivity contribution is -0.0321. The molecule has 0 spiro atoms. The Kier molecular flexibility index (Phi) is 5.67. The normalized spacial score (nSPS) is 41.4. The van der Waals surface area contributed by atoms with Crippen LogP contribution in [0, 0.1) is 11.8 Å². The molecule has 1 N–H and O–H groups in total. The summed E-state index contributed by atoms with van der Waals surface area (Å²) in [6.45, 7) is 10.2. The Morgan fingerprint density at radius 2 is 2.05 bits per heavy atom. The summed E-state index contributed by atoms with van der Waals surface area (Å²) in [6.07, 6.45) is 5.69. The van der Waals surface area contributed by atoms with Gasteiger partial charge in [0.2, 0.25) is 0 Å². The number of hydrogen-bond acceptors (Lipinski definition) is 3. The molecule has 1 saturated heterocycles.